The molecule has 1 aromatic heterocycles. The molecule has 1 aromatic rings. The molecule has 0 saturated heterocycles. The Bertz CT molecular complexity index is 307. The molecule has 0 atom stereocenters. The van der Waals surface area contributed by atoms with E-state index in [9.17, 15) is 4.79 Å². The van der Waals surface area contributed by atoms with Gasteiger partial charge in [0.2, 0.25) is 0 Å². The maximum atomic E-state index is 11.2. The average molecular weight is 164 g/mol. The fourth-order valence-corrected chi connectivity index (χ4v) is 1.07. The molecule has 1 amide bonds. The minimum absolute atomic E-state index is 0.132. The van der Waals surface area contributed by atoms with Gasteiger partial charge in [-0.15, -0.1) is 0 Å². The first kappa shape index (κ1) is 8.71. The number of nitrogens with one attached hydrogen (secondary N) is 1. The van der Waals surface area contributed by atoms with Crippen LogP contribution in [0.2, 0.25) is 0 Å². The van der Waals surface area contributed by atoms with Crippen molar-refractivity contribution in [2.45, 2.75) is 13.8 Å². The smallest absolute Gasteiger partial charge is 0.269 e. The molecule has 0 radical (unpaired) electrons. The van der Waals surface area contributed by atoms with E-state index >= 15 is 0 Å². The van der Waals surface area contributed by atoms with E-state index in [0.717, 1.165) is 11.1 Å². The predicted octanol–water partition coefficient (Wildman–Crippen LogP) is 1.06. The summed E-state index contributed by atoms with van der Waals surface area (Å²) in [5, 5.41) is 2.54. The molecule has 0 spiro atoms. The first-order valence-electron chi connectivity index (χ1n) is 3.80. The second-order valence-electron chi connectivity index (χ2n) is 2.76. The van der Waals surface area contributed by atoms with Gasteiger partial charge in [-0.2, -0.15) is 0 Å². The number of hydrogen-bond donors (Lipinski definition) is 1. The van der Waals surface area contributed by atoms with Crippen LogP contribution in [0.15, 0.2) is 12.3 Å². The minimum atomic E-state index is -0.132. The maximum Gasteiger partial charge on any atom is 0.269 e. The van der Waals surface area contributed by atoms with Crippen molar-refractivity contribution in [3.05, 3.63) is 29.1 Å². The molecule has 1 rings (SSSR count). The Morgan fingerprint density at radius 3 is 2.67 bits per heavy atom. The second kappa shape index (κ2) is 3.34. The molecule has 1 heterocycles. The van der Waals surface area contributed by atoms with E-state index < -0.39 is 0 Å². The molecule has 12 heavy (non-hydrogen) atoms. The first-order chi connectivity index (χ1) is 5.65. The molecular weight excluding hydrogens is 152 g/mol. The summed E-state index contributed by atoms with van der Waals surface area (Å²) >= 11 is 0. The van der Waals surface area contributed by atoms with Crippen LogP contribution in [0.1, 0.15) is 21.6 Å². The normalized spacial score (nSPS) is 9.58. The van der Waals surface area contributed by atoms with E-state index in [1.54, 1.807) is 13.2 Å². The number of carbonyl (C=O) groups excluding carboxylic acids is 1. The van der Waals surface area contributed by atoms with Crippen molar-refractivity contribution < 1.29 is 4.79 Å². The summed E-state index contributed by atoms with van der Waals surface area (Å²) in [7, 11) is 1.60. The summed E-state index contributed by atoms with van der Waals surface area (Å²) < 4.78 is 0. The summed E-state index contributed by atoms with van der Waals surface area (Å²) in [5.74, 6) is -0.132. The van der Waals surface area contributed by atoms with Gasteiger partial charge >= 0.3 is 0 Å². The Balaban J connectivity index is 3.09. The molecule has 0 bridgehead atoms. The lowest BCUT2D eigenvalue weighted by molar-refractivity contribution is 0.0957. The first-order valence-corrected chi connectivity index (χ1v) is 3.80. The highest BCUT2D eigenvalue weighted by atomic mass is 16.1. The lowest BCUT2D eigenvalue weighted by atomic mass is 10.1. The Hall–Kier alpha value is -1.38. The molecule has 0 aliphatic rings. The van der Waals surface area contributed by atoms with Crippen LogP contribution in [0, 0.1) is 13.8 Å². The highest BCUT2D eigenvalue weighted by Crippen LogP contribution is 2.05. The number of pyridine rings is 1. The Morgan fingerprint density at radius 2 is 2.17 bits per heavy atom. The van der Waals surface area contributed by atoms with Crippen molar-refractivity contribution in [3.63, 3.8) is 0 Å². The number of nitrogens with zero attached hydrogens (tertiary/aromatic N) is 1. The number of amides is 1. The van der Waals surface area contributed by atoms with Gasteiger partial charge in [-0.05, 0) is 25.0 Å². The molecule has 1 N–H and O–H groups in total. The summed E-state index contributed by atoms with van der Waals surface area (Å²) in [6.07, 6.45) is 1.69. The van der Waals surface area contributed by atoms with Crippen LogP contribution in [-0.4, -0.2) is 17.9 Å². The van der Waals surface area contributed by atoms with Crippen molar-refractivity contribution in [2.24, 2.45) is 0 Å². The monoisotopic (exact) mass is 164 g/mol. The fourth-order valence-electron chi connectivity index (χ4n) is 1.07. The molecule has 0 fully saturated rings. The largest absolute Gasteiger partial charge is 0.354 e. The van der Waals surface area contributed by atoms with Gasteiger partial charge in [0.15, 0.2) is 0 Å². The average Bonchev–Trinajstić information content (AvgIpc) is 2.03. The number of aryl methyl sites for hydroxylation is 2. The van der Waals surface area contributed by atoms with Crippen molar-refractivity contribution in [1.82, 2.24) is 10.3 Å². The van der Waals surface area contributed by atoms with Crippen LogP contribution in [-0.2, 0) is 0 Å². The Labute approximate surface area is 71.8 Å². The zero-order valence-electron chi connectivity index (χ0n) is 7.51. The molecule has 0 aliphatic carbocycles. The van der Waals surface area contributed by atoms with Crippen molar-refractivity contribution >= 4 is 5.91 Å². The summed E-state index contributed by atoms with van der Waals surface area (Å²) in [6.45, 7) is 3.83. The second-order valence-corrected chi connectivity index (χ2v) is 2.76. The third-order valence-corrected chi connectivity index (χ3v) is 1.66. The third-order valence-electron chi connectivity index (χ3n) is 1.66. The van der Waals surface area contributed by atoms with E-state index in [4.69, 9.17) is 0 Å². The van der Waals surface area contributed by atoms with Gasteiger partial charge in [-0.25, -0.2) is 0 Å². The van der Waals surface area contributed by atoms with Gasteiger partial charge in [-0.3, -0.25) is 9.78 Å². The number of rotatable bonds is 1. The molecule has 3 heteroatoms. The molecule has 0 unspecified atom stereocenters. The van der Waals surface area contributed by atoms with Gasteiger partial charge in [0.05, 0.1) is 0 Å². The maximum absolute atomic E-state index is 11.2. The van der Waals surface area contributed by atoms with Gasteiger partial charge < -0.3 is 5.32 Å². The van der Waals surface area contributed by atoms with E-state index in [0.29, 0.717) is 5.69 Å². The number of hydrogen-bond acceptors (Lipinski definition) is 2. The molecule has 0 saturated carbocycles. The minimum Gasteiger partial charge on any atom is -0.354 e. The van der Waals surface area contributed by atoms with E-state index in [1.165, 1.54) is 0 Å². The van der Waals surface area contributed by atoms with Gasteiger partial charge in [0.25, 0.3) is 5.91 Å². The van der Waals surface area contributed by atoms with Crippen LogP contribution in [0.3, 0.4) is 0 Å². The molecular formula is C9H12N2O. The van der Waals surface area contributed by atoms with Crippen LogP contribution in [0.4, 0.5) is 0 Å². The van der Waals surface area contributed by atoms with Crippen molar-refractivity contribution in [3.8, 4) is 0 Å². The van der Waals surface area contributed by atoms with Crippen LogP contribution in [0.5, 0.6) is 0 Å². The predicted molar refractivity (Wildman–Crippen MR) is 47.1 cm³/mol. The zero-order chi connectivity index (χ0) is 9.14. The van der Waals surface area contributed by atoms with E-state index in [-0.39, 0.29) is 5.91 Å². The van der Waals surface area contributed by atoms with Gasteiger partial charge in [0, 0.05) is 13.2 Å². The molecule has 0 aliphatic heterocycles. The number of carbonyl (C=O) groups is 1. The number of aromatic nitrogens is 1. The summed E-state index contributed by atoms with van der Waals surface area (Å²) in [4.78, 5) is 15.2. The van der Waals surface area contributed by atoms with Crippen LogP contribution in [0.25, 0.3) is 0 Å². The van der Waals surface area contributed by atoms with Gasteiger partial charge in [-0.1, -0.05) is 6.07 Å². The highest BCUT2D eigenvalue weighted by Gasteiger charge is 2.07. The topological polar surface area (TPSA) is 42.0 Å². The zero-order valence-corrected chi connectivity index (χ0v) is 7.51. The van der Waals surface area contributed by atoms with Crippen molar-refractivity contribution in [1.29, 1.82) is 0 Å². The molecule has 3 nitrogen and oxygen atoms in total. The lowest BCUT2D eigenvalue weighted by Crippen LogP contribution is -2.20. The lowest BCUT2D eigenvalue weighted by Gasteiger charge is -2.02. The third kappa shape index (κ3) is 1.61. The van der Waals surface area contributed by atoms with Gasteiger partial charge in [0.1, 0.15) is 5.69 Å². The SMILES string of the molecule is CNC(=O)c1ncc(C)cc1C. The standard InChI is InChI=1S/C9H12N2O/c1-6-4-7(2)8(11-5-6)9(12)10-3/h4-5H,1-3H3,(H,10,12). The Kier molecular flexibility index (Phi) is 2.43. The highest BCUT2D eigenvalue weighted by molar-refractivity contribution is 5.93. The van der Waals surface area contributed by atoms with Crippen molar-refractivity contribution in [2.75, 3.05) is 7.05 Å². The fraction of sp³-hybridized carbons (Fsp3) is 0.333. The molecule has 0 aromatic carbocycles. The van der Waals surface area contributed by atoms with Crippen LogP contribution < -0.4 is 5.32 Å². The molecule has 64 valence electrons. The summed E-state index contributed by atoms with van der Waals surface area (Å²) in [5.41, 5.74) is 2.48. The van der Waals surface area contributed by atoms with E-state index in [1.807, 2.05) is 19.9 Å². The van der Waals surface area contributed by atoms with Crippen LogP contribution >= 0.6 is 0 Å². The summed E-state index contributed by atoms with van der Waals surface area (Å²) in [6, 6.07) is 1.94. The Morgan fingerprint density at radius 1 is 1.50 bits per heavy atom. The van der Waals surface area contributed by atoms with E-state index in [2.05, 4.69) is 10.3 Å². The quantitative estimate of drug-likeness (QED) is 0.674.